The second-order valence-electron chi connectivity index (χ2n) is 4.15. The molecule has 0 heterocycles. The number of nitrogens with one attached hydrogen (secondary N) is 1. The van der Waals surface area contributed by atoms with Crippen LogP contribution < -0.4 is 5.32 Å². The van der Waals surface area contributed by atoms with Gasteiger partial charge in [-0.25, -0.2) is 17.6 Å². The lowest BCUT2D eigenvalue weighted by Gasteiger charge is -2.19. The molecule has 0 spiro atoms. The standard InChI is InChI=1S/C14H10BrF4N/c1-20-14(9-6-7(16)2-4-10(9)17)8-3-5-11(18)13(19)12(8)15/h2-6,14,20H,1H3. The number of halogens is 5. The molecule has 0 aliphatic rings. The van der Waals surface area contributed by atoms with E-state index in [0.717, 1.165) is 24.3 Å². The van der Waals surface area contributed by atoms with E-state index in [0.29, 0.717) is 0 Å². The van der Waals surface area contributed by atoms with Crippen molar-refractivity contribution in [3.05, 3.63) is 69.2 Å². The molecule has 0 bridgehead atoms. The average Bonchev–Trinajstić information content (AvgIpc) is 2.43. The average molecular weight is 348 g/mol. The first-order valence-electron chi connectivity index (χ1n) is 5.71. The summed E-state index contributed by atoms with van der Waals surface area (Å²) >= 11 is 2.94. The van der Waals surface area contributed by atoms with Gasteiger partial charge in [-0.2, -0.15) is 0 Å². The topological polar surface area (TPSA) is 12.0 Å². The molecule has 0 saturated carbocycles. The fraction of sp³-hybridized carbons (Fsp3) is 0.143. The lowest BCUT2D eigenvalue weighted by molar-refractivity contribution is 0.498. The molecule has 20 heavy (non-hydrogen) atoms. The molecule has 0 radical (unpaired) electrons. The molecule has 1 nitrogen and oxygen atoms in total. The van der Waals surface area contributed by atoms with Gasteiger partial charge in [0.05, 0.1) is 10.5 Å². The minimum absolute atomic E-state index is 0.0132. The number of hydrogen-bond acceptors (Lipinski definition) is 1. The first kappa shape index (κ1) is 15.0. The predicted octanol–water partition coefficient (Wildman–Crippen LogP) is 4.31. The fourth-order valence-corrected chi connectivity index (χ4v) is 2.53. The van der Waals surface area contributed by atoms with Crippen LogP contribution in [0.2, 0.25) is 0 Å². The molecule has 106 valence electrons. The lowest BCUT2D eigenvalue weighted by Crippen LogP contribution is -2.20. The first-order chi connectivity index (χ1) is 9.45. The van der Waals surface area contributed by atoms with Gasteiger partial charge in [0.15, 0.2) is 11.6 Å². The van der Waals surface area contributed by atoms with Crippen molar-refractivity contribution in [3.8, 4) is 0 Å². The Labute approximate surface area is 121 Å². The van der Waals surface area contributed by atoms with Gasteiger partial charge in [0.25, 0.3) is 0 Å². The van der Waals surface area contributed by atoms with Crippen molar-refractivity contribution in [1.82, 2.24) is 5.32 Å². The lowest BCUT2D eigenvalue weighted by atomic mass is 9.98. The fourth-order valence-electron chi connectivity index (χ4n) is 1.98. The smallest absolute Gasteiger partial charge is 0.173 e. The van der Waals surface area contributed by atoms with Gasteiger partial charge in [-0.05, 0) is 52.8 Å². The summed E-state index contributed by atoms with van der Waals surface area (Å²) in [5.41, 5.74) is 0.287. The molecule has 0 aromatic heterocycles. The van der Waals surface area contributed by atoms with Crippen LogP contribution in [-0.4, -0.2) is 7.05 Å². The summed E-state index contributed by atoms with van der Waals surface area (Å²) in [6, 6.07) is 4.44. The maximum absolute atomic E-state index is 13.8. The molecule has 1 unspecified atom stereocenters. The largest absolute Gasteiger partial charge is 0.309 e. The maximum Gasteiger partial charge on any atom is 0.173 e. The zero-order valence-electron chi connectivity index (χ0n) is 10.4. The highest BCUT2D eigenvalue weighted by Gasteiger charge is 2.22. The Balaban J connectivity index is 2.58. The van der Waals surface area contributed by atoms with Crippen LogP contribution in [0.3, 0.4) is 0 Å². The summed E-state index contributed by atoms with van der Waals surface area (Å²) in [7, 11) is 1.52. The summed E-state index contributed by atoms with van der Waals surface area (Å²) in [5.74, 6) is -3.34. The van der Waals surface area contributed by atoms with Crippen molar-refractivity contribution < 1.29 is 17.6 Å². The molecule has 2 aromatic rings. The van der Waals surface area contributed by atoms with E-state index in [1.54, 1.807) is 0 Å². The summed E-state index contributed by atoms with van der Waals surface area (Å²) in [4.78, 5) is 0. The van der Waals surface area contributed by atoms with Crippen molar-refractivity contribution >= 4 is 15.9 Å². The van der Waals surface area contributed by atoms with Gasteiger partial charge in [-0.15, -0.1) is 0 Å². The van der Waals surface area contributed by atoms with Crippen LogP contribution in [0.5, 0.6) is 0 Å². The third kappa shape index (κ3) is 2.71. The van der Waals surface area contributed by atoms with Gasteiger partial charge in [0.1, 0.15) is 11.6 Å². The van der Waals surface area contributed by atoms with Gasteiger partial charge in [-0.3, -0.25) is 0 Å². The zero-order chi connectivity index (χ0) is 14.9. The molecule has 0 saturated heterocycles. The van der Waals surface area contributed by atoms with E-state index in [1.807, 2.05) is 0 Å². The summed E-state index contributed by atoms with van der Waals surface area (Å²) < 4.78 is 53.6. The normalized spacial score (nSPS) is 12.5. The number of benzene rings is 2. The molecule has 0 fully saturated rings. The Morgan fingerprint density at radius 2 is 1.60 bits per heavy atom. The van der Waals surface area contributed by atoms with E-state index in [9.17, 15) is 17.6 Å². The van der Waals surface area contributed by atoms with Gasteiger partial charge in [0, 0.05) is 5.56 Å². The molecule has 0 amide bonds. The highest BCUT2D eigenvalue weighted by Crippen LogP contribution is 2.32. The second-order valence-corrected chi connectivity index (χ2v) is 4.95. The molecule has 6 heteroatoms. The molecule has 2 aromatic carbocycles. The van der Waals surface area contributed by atoms with E-state index in [4.69, 9.17) is 0 Å². The Morgan fingerprint density at radius 1 is 0.950 bits per heavy atom. The summed E-state index contributed by atoms with van der Waals surface area (Å²) in [5, 5.41) is 2.76. The minimum atomic E-state index is -1.07. The van der Waals surface area contributed by atoms with E-state index in [1.165, 1.54) is 13.1 Å². The van der Waals surface area contributed by atoms with Gasteiger partial charge >= 0.3 is 0 Å². The van der Waals surface area contributed by atoms with E-state index in [-0.39, 0.29) is 15.6 Å². The Kier molecular flexibility index (Phi) is 4.45. The Hall–Kier alpha value is -1.40. The van der Waals surface area contributed by atoms with Crippen LogP contribution in [0.1, 0.15) is 17.2 Å². The van der Waals surface area contributed by atoms with Crippen molar-refractivity contribution in [3.63, 3.8) is 0 Å². The van der Waals surface area contributed by atoms with Crippen LogP contribution in [0.4, 0.5) is 17.6 Å². The van der Waals surface area contributed by atoms with Crippen LogP contribution in [-0.2, 0) is 0 Å². The van der Waals surface area contributed by atoms with Crippen molar-refractivity contribution in [2.75, 3.05) is 7.05 Å². The molecule has 1 atom stereocenters. The molecule has 2 rings (SSSR count). The van der Waals surface area contributed by atoms with E-state index < -0.39 is 29.3 Å². The van der Waals surface area contributed by atoms with Crippen LogP contribution >= 0.6 is 15.9 Å². The Bertz CT molecular complexity index is 645. The van der Waals surface area contributed by atoms with Crippen molar-refractivity contribution in [2.45, 2.75) is 6.04 Å². The molecular weight excluding hydrogens is 338 g/mol. The second kappa shape index (κ2) is 5.93. The molecular formula is C14H10BrF4N. The highest BCUT2D eigenvalue weighted by atomic mass is 79.9. The third-order valence-corrected chi connectivity index (χ3v) is 3.74. The van der Waals surface area contributed by atoms with Gasteiger partial charge in [-0.1, -0.05) is 6.07 Å². The molecule has 0 aliphatic heterocycles. The van der Waals surface area contributed by atoms with Crippen LogP contribution in [0.25, 0.3) is 0 Å². The van der Waals surface area contributed by atoms with E-state index >= 15 is 0 Å². The highest BCUT2D eigenvalue weighted by molar-refractivity contribution is 9.10. The van der Waals surface area contributed by atoms with E-state index in [2.05, 4.69) is 21.2 Å². The van der Waals surface area contributed by atoms with Crippen LogP contribution in [0, 0.1) is 23.3 Å². The maximum atomic E-state index is 13.8. The summed E-state index contributed by atoms with van der Waals surface area (Å²) in [6.45, 7) is 0. The zero-order valence-corrected chi connectivity index (χ0v) is 11.9. The molecule has 0 aliphatic carbocycles. The summed E-state index contributed by atoms with van der Waals surface area (Å²) in [6.07, 6.45) is 0. The quantitative estimate of drug-likeness (QED) is 0.644. The van der Waals surface area contributed by atoms with Gasteiger partial charge < -0.3 is 5.32 Å². The van der Waals surface area contributed by atoms with Crippen molar-refractivity contribution in [2.24, 2.45) is 0 Å². The first-order valence-corrected chi connectivity index (χ1v) is 6.50. The minimum Gasteiger partial charge on any atom is -0.309 e. The Morgan fingerprint density at radius 3 is 2.25 bits per heavy atom. The van der Waals surface area contributed by atoms with Crippen LogP contribution in [0.15, 0.2) is 34.8 Å². The van der Waals surface area contributed by atoms with Crippen molar-refractivity contribution in [1.29, 1.82) is 0 Å². The third-order valence-electron chi connectivity index (χ3n) is 2.93. The SMILES string of the molecule is CNC(c1cc(F)ccc1F)c1ccc(F)c(F)c1Br. The monoisotopic (exact) mass is 347 g/mol. The number of rotatable bonds is 3. The molecule has 1 N–H and O–H groups in total. The predicted molar refractivity (Wildman–Crippen MR) is 71.3 cm³/mol. The number of hydrogen-bond donors (Lipinski definition) is 1. The van der Waals surface area contributed by atoms with Gasteiger partial charge in [0.2, 0.25) is 0 Å².